The van der Waals surface area contributed by atoms with Gasteiger partial charge in [0.05, 0.1) is 94.3 Å². The highest BCUT2D eigenvalue weighted by Crippen LogP contribution is 2.50. The van der Waals surface area contributed by atoms with Crippen molar-refractivity contribution in [1.29, 1.82) is 0 Å². The van der Waals surface area contributed by atoms with Gasteiger partial charge in [0.25, 0.3) is 17.0 Å². The van der Waals surface area contributed by atoms with Crippen LogP contribution < -0.4 is 35.5 Å². The minimum absolute atomic E-state index is 0.00155. The maximum Gasteiger partial charge on any atom is 0.410 e. The number of amides is 3. The standard InChI is InChI=1S/C44H56F3N5O6Si.C33H33F3N4O4/c1-24(2)35-36(25(3)17-18-48-35)52-37-27(21-29(46)33(34(37)47)32-28(45)15-14-16-31(32)56-11)38-39(41(52)54)49(19-20-57-59(12,13)44(8,9)10)40(53)30-23-50(26(4)22-51(30)38)42(55)58-43(5,6)7;1-16(2)27-28(18(4)10-11-37-27)40-29-19(14-21(35)25(26(29)36)24-20(34)6-5-7-23(24)42)30-31(33(40)44)38(12-13-41)32(43)22-9-8-17(3)15-39(22)30/h14-18,21,24,26,30H,19-20,22-23H2,1-13H3;5-7,10-11,14,16-17,22,41-42H,8-9,12-13,15H2,1-4H3/t26-,30-;17-,22+/m10/s1. The monoisotopic (exact) mass is 1440 g/mol. The molecule has 8 aromatic rings. The third-order valence-corrected chi connectivity index (χ3v) is 25.0. The molecule has 0 saturated carbocycles. The van der Waals surface area contributed by atoms with E-state index >= 15 is 31.1 Å². The number of benzene rings is 4. The van der Waals surface area contributed by atoms with Crippen molar-refractivity contribution in [2.75, 3.05) is 72.6 Å². The molecule has 548 valence electrons. The van der Waals surface area contributed by atoms with Crippen LogP contribution in [-0.2, 0) is 18.8 Å². The number of hydrogen-bond donors (Lipinski definition) is 2. The Morgan fingerprint density at radius 3 is 1.59 bits per heavy atom. The maximum atomic E-state index is 17.9. The van der Waals surface area contributed by atoms with Gasteiger partial charge in [0.2, 0.25) is 5.91 Å². The fourth-order valence-corrected chi connectivity index (χ4v) is 15.5. The summed E-state index contributed by atoms with van der Waals surface area (Å²) in [5.74, 6) is -8.70. The zero-order valence-electron chi connectivity index (χ0n) is 61.2. The number of phenols is 1. The predicted molar refractivity (Wildman–Crippen MR) is 389 cm³/mol. The van der Waals surface area contributed by atoms with E-state index < -0.39 is 125 Å². The first-order chi connectivity index (χ1) is 48.4. The number of ether oxygens (including phenoxy) is 2. The van der Waals surface area contributed by atoms with Gasteiger partial charge < -0.3 is 48.6 Å². The molecule has 4 aliphatic rings. The van der Waals surface area contributed by atoms with Gasteiger partial charge in [-0.05, 0) is 150 Å². The van der Waals surface area contributed by atoms with Crippen LogP contribution in [0.3, 0.4) is 0 Å². The van der Waals surface area contributed by atoms with Gasteiger partial charge in [0.1, 0.15) is 63.8 Å². The van der Waals surface area contributed by atoms with Crippen LogP contribution in [0.5, 0.6) is 11.5 Å². The third kappa shape index (κ3) is 13.1. The number of aliphatic hydroxyl groups is 1. The number of halogens is 6. The van der Waals surface area contributed by atoms with Crippen LogP contribution in [-0.4, -0.2) is 137 Å². The molecule has 0 aliphatic carbocycles. The van der Waals surface area contributed by atoms with Crippen molar-refractivity contribution in [2.45, 2.75) is 163 Å². The molecule has 0 bridgehead atoms. The third-order valence-electron chi connectivity index (χ3n) is 20.4. The van der Waals surface area contributed by atoms with Gasteiger partial charge in [-0.2, -0.15) is 0 Å². The molecule has 4 aromatic carbocycles. The summed E-state index contributed by atoms with van der Waals surface area (Å²) in [6.45, 7) is 30.0. The molecule has 0 radical (unpaired) electrons. The molecule has 4 atom stereocenters. The summed E-state index contributed by atoms with van der Waals surface area (Å²) < 4.78 is 119. The number of phenolic OH excluding ortho intramolecular Hbond substituents is 1. The smallest absolute Gasteiger partial charge is 0.410 e. The second-order valence-corrected chi connectivity index (χ2v) is 35.2. The van der Waals surface area contributed by atoms with Crippen molar-refractivity contribution < 1.29 is 64.8 Å². The SMILES string of the molecule is COc1cccc(F)c1-c1c(F)cc2c3c(c(=O)n(-c4c(C)ccnc4C(C)C)c2c1F)N(CCO[Si](C)(C)C(C)(C)C)C(=O)[C@H]1CN(C(=O)OC(C)(C)C)[C@H](C)CN31.Cc1ccnc(C(C)C)c1-n1c(=O)c2c(c3cc(F)c(-c4c(O)cccc4F)c(F)c31)N1C[C@@H](C)CC[C@@H]1C(=O)N2CCO. The van der Waals surface area contributed by atoms with Crippen LogP contribution in [0.4, 0.5) is 53.9 Å². The van der Waals surface area contributed by atoms with Crippen molar-refractivity contribution in [3.8, 4) is 45.1 Å². The Kier molecular flexibility index (Phi) is 20.4. The zero-order valence-corrected chi connectivity index (χ0v) is 62.2. The molecule has 8 heterocycles. The number of piperidine rings is 1. The van der Waals surface area contributed by atoms with Crippen LogP contribution in [0, 0.1) is 54.7 Å². The Morgan fingerprint density at radius 1 is 0.621 bits per heavy atom. The first kappa shape index (κ1) is 74.9. The Labute approximate surface area is 595 Å². The number of pyridine rings is 4. The van der Waals surface area contributed by atoms with Crippen LogP contribution in [0.25, 0.3) is 55.4 Å². The molecule has 4 aliphatic heterocycles. The van der Waals surface area contributed by atoms with Crippen molar-refractivity contribution in [2.24, 2.45) is 5.92 Å². The maximum absolute atomic E-state index is 17.9. The first-order valence-corrected chi connectivity index (χ1v) is 37.6. The summed E-state index contributed by atoms with van der Waals surface area (Å²) in [4.78, 5) is 89.4. The van der Waals surface area contributed by atoms with Gasteiger partial charge in [-0.1, -0.05) is 67.5 Å². The molecule has 2 fully saturated rings. The quantitative estimate of drug-likeness (QED) is 0.0814. The Balaban J connectivity index is 0.000000215. The number of nitrogens with zero attached hydrogens (tertiary/aromatic N) is 9. The largest absolute Gasteiger partial charge is 0.507 e. The van der Waals surface area contributed by atoms with E-state index in [0.29, 0.717) is 35.5 Å². The lowest BCUT2D eigenvalue weighted by molar-refractivity contribution is -0.122. The average Bonchev–Trinajstić information content (AvgIpc) is 0.704. The van der Waals surface area contributed by atoms with E-state index in [0.717, 1.165) is 45.9 Å². The molecule has 12 rings (SSSR count). The normalized spacial score (nSPS) is 17.8. The molecular weight excluding hydrogens is 1350 g/mol. The zero-order chi connectivity index (χ0) is 75.3. The summed E-state index contributed by atoms with van der Waals surface area (Å²) in [5, 5.41) is 20.3. The molecule has 0 unspecified atom stereocenters. The number of methoxy groups -OCH3 is 1. The molecule has 3 amide bonds. The number of aliphatic hydroxyl groups excluding tert-OH is 1. The number of β-amino-alcohol motifs (C(OH)–C–C–N with tert-alkyl or cyclic N) is 1. The van der Waals surface area contributed by atoms with Crippen molar-refractivity contribution in [3.05, 3.63) is 151 Å². The molecular formula is C77H89F6N9O10Si. The van der Waals surface area contributed by atoms with Crippen molar-refractivity contribution in [3.63, 3.8) is 0 Å². The van der Waals surface area contributed by atoms with Crippen molar-refractivity contribution >= 4 is 70.8 Å². The molecule has 103 heavy (non-hydrogen) atoms. The topological polar surface area (TPSA) is 205 Å². The number of aromatic nitrogens is 4. The second-order valence-electron chi connectivity index (χ2n) is 30.4. The number of anilines is 4. The molecule has 0 spiro atoms. The predicted octanol–water partition coefficient (Wildman–Crippen LogP) is 14.6. The number of rotatable bonds is 13. The van der Waals surface area contributed by atoms with E-state index in [1.807, 2.05) is 34.6 Å². The van der Waals surface area contributed by atoms with E-state index in [9.17, 15) is 29.4 Å². The van der Waals surface area contributed by atoms with Gasteiger partial charge in [-0.25, -0.2) is 31.1 Å². The summed E-state index contributed by atoms with van der Waals surface area (Å²) >= 11 is 0. The van der Waals surface area contributed by atoms with E-state index in [2.05, 4.69) is 43.8 Å². The van der Waals surface area contributed by atoms with E-state index in [-0.39, 0.29) is 123 Å². The number of aryl methyl sites for hydroxylation is 2. The van der Waals surface area contributed by atoms with Crippen LogP contribution >= 0.6 is 0 Å². The lowest BCUT2D eigenvalue weighted by Crippen LogP contribution is -2.67. The fraction of sp³-hybridized carbons (Fsp3) is 0.442. The van der Waals surface area contributed by atoms with Gasteiger partial charge in [0.15, 0.2) is 20.0 Å². The van der Waals surface area contributed by atoms with Crippen LogP contribution in [0.1, 0.15) is 130 Å². The lowest BCUT2D eigenvalue weighted by Gasteiger charge is -2.50. The first-order valence-electron chi connectivity index (χ1n) is 34.7. The minimum atomic E-state index is -2.36. The Morgan fingerprint density at radius 2 is 1.11 bits per heavy atom. The second kappa shape index (κ2) is 28.1. The van der Waals surface area contributed by atoms with Gasteiger partial charge in [-0.15, -0.1) is 0 Å². The minimum Gasteiger partial charge on any atom is -0.507 e. The number of hydrogen-bond acceptors (Lipinski definition) is 14. The summed E-state index contributed by atoms with van der Waals surface area (Å²) in [6, 6.07) is 10.3. The molecule has 26 heteroatoms. The average molecular weight is 1440 g/mol. The number of piperazine rings is 1. The van der Waals surface area contributed by atoms with E-state index in [1.165, 1.54) is 40.0 Å². The van der Waals surface area contributed by atoms with Crippen LogP contribution in [0.15, 0.2) is 82.6 Å². The molecule has 2 N–H and O–H groups in total. The number of carbonyl (C=O) groups is 3. The highest BCUT2D eigenvalue weighted by atomic mass is 28.4. The summed E-state index contributed by atoms with van der Waals surface area (Å²) in [6.07, 6.45) is 3.73. The lowest BCUT2D eigenvalue weighted by atomic mass is 9.89. The van der Waals surface area contributed by atoms with E-state index in [4.69, 9.17) is 13.9 Å². The van der Waals surface area contributed by atoms with Gasteiger partial charge in [-0.3, -0.25) is 38.3 Å². The summed E-state index contributed by atoms with van der Waals surface area (Å²) in [7, 11) is -1.09. The number of fused-ring (bicyclic) bond motifs is 10. The molecule has 2 saturated heterocycles. The van der Waals surface area contributed by atoms with Gasteiger partial charge in [0, 0.05) is 55.4 Å². The van der Waals surface area contributed by atoms with E-state index in [1.54, 1.807) is 75.9 Å². The number of aromatic hydroxyl groups is 1. The molecule has 4 aromatic heterocycles. The Bertz CT molecular complexity index is 4860. The Hall–Kier alpha value is -9.27. The summed E-state index contributed by atoms with van der Waals surface area (Å²) in [5.41, 5.74) is -3.04. The molecule has 19 nitrogen and oxygen atoms in total. The number of carbonyl (C=O) groups excluding carboxylic acids is 3. The fourth-order valence-electron chi connectivity index (χ4n) is 14.5. The highest BCUT2D eigenvalue weighted by molar-refractivity contribution is 6.74. The van der Waals surface area contributed by atoms with Crippen LogP contribution in [0.2, 0.25) is 18.1 Å². The van der Waals surface area contributed by atoms with Gasteiger partial charge >= 0.3 is 6.09 Å². The van der Waals surface area contributed by atoms with Crippen molar-refractivity contribution in [1.82, 2.24) is 24.0 Å². The highest BCUT2D eigenvalue weighted by Gasteiger charge is 2.50.